The zero-order chi connectivity index (χ0) is 13.6. The second-order valence-electron chi connectivity index (χ2n) is 5.06. The Bertz CT molecular complexity index is 347. The molecular formula is C14H23NO2S. The SMILES string of the molecule is CSc1ccc(C(C)(C)CNC(CO)CO)cc1. The molecule has 3 nitrogen and oxygen atoms in total. The summed E-state index contributed by atoms with van der Waals surface area (Å²) in [5.74, 6) is 0. The van der Waals surface area contributed by atoms with Crippen LogP contribution in [0.1, 0.15) is 19.4 Å². The van der Waals surface area contributed by atoms with Gasteiger partial charge in [-0.05, 0) is 24.0 Å². The van der Waals surface area contributed by atoms with E-state index >= 15 is 0 Å². The highest BCUT2D eigenvalue weighted by Gasteiger charge is 2.21. The fraction of sp³-hybridized carbons (Fsp3) is 0.571. The molecule has 3 N–H and O–H groups in total. The minimum atomic E-state index is -0.241. The Hall–Kier alpha value is -0.550. The quantitative estimate of drug-likeness (QED) is 0.659. The van der Waals surface area contributed by atoms with E-state index in [9.17, 15) is 0 Å². The molecule has 0 bridgehead atoms. The molecule has 0 spiro atoms. The van der Waals surface area contributed by atoms with E-state index < -0.39 is 0 Å². The smallest absolute Gasteiger partial charge is 0.0607 e. The summed E-state index contributed by atoms with van der Waals surface area (Å²) in [5.41, 5.74) is 1.22. The third-order valence-electron chi connectivity index (χ3n) is 3.14. The Kier molecular flexibility index (Phi) is 6.15. The topological polar surface area (TPSA) is 52.5 Å². The molecule has 1 aromatic carbocycles. The van der Waals surface area contributed by atoms with Crippen molar-refractivity contribution in [1.29, 1.82) is 0 Å². The third-order valence-corrected chi connectivity index (χ3v) is 3.89. The monoisotopic (exact) mass is 269 g/mol. The Labute approximate surface area is 114 Å². The molecule has 0 amide bonds. The van der Waals surface area contributed by atoms with Gasteiger partial charge in [0.25, 0.3) is 0 Å². The Morgan fingerprint density at radius 3 is 2.17 bits per heavy atom. The summed E-state index contributed by atoms with van der Waals surface area (Å²) >= 11 is 1.73. The number of aliphatic hydroxyl groups excluding tert-OH is 2. The number of hydrogen-bond acceptors (Lipinski definition) is 4. The summed E-state index contributed by atoms with van der Waals surface area (Å²) in [6.07, 6.45) is 2.06. The first kappa shape index (κ1) is 15.5. The van der Waals surface area contributed by atoms with Gasteiger partial charge in [-0.25, -0.2) is 0 Å². The van der Waals surface area contributed by atoms with Gasteiger partial charge in [0.15, 0.2) is 0 Å². The van der Waals surface area contributed by atoms with Crippen LogP contribution in [0.2, 0.25) is 0 Å². The van der Waals surface area contributed by atoms with Crippen molar-refractivity contribution < 1.29 is 10.2 Å². The van der Waals surface area contributed by atoms with Gasteiger partial charge in [-0.3, -0.25) is 0 Å². The number of rotatable bonds is 7. The number of nitrogens with one attached hydrogen (secondary N) is 1. The highest BCUT2D eigenvalue weighted by molar-refractivity contribution is 7.98. The zero-order valence-electron chi connectivity index (χ0n) is 11.3. The molecule has 102 valence electrons. The van der Waals surface area contributed by atoms with Gasteiger partial charge in [0, 0.05) is 16.9 Å². The molecule has 4 heteroatoms. The Morgan fingerprint density at radius 2 is 1.72 bits per heavy atom. The summed E-state index contributed by atoms with van der Waals surface area (Å²) in [6, 6.07) is 8.28. The molecule has 0 aromatic heterocycles. The molecule has 0 radical (unpaired) electrons. The summed E-state index contributed by atoms with van der Waals surface area (Å²) in [5, 5.41) is 21.3. The molecule has 0 aliphatic heterocycles. The molecule has 0 aliphatic rings. The lowest BCUT2D eigenvalue weighted by Crippen LogP contribution is -2.42. The van der Waals surface area contributed by atoms with Crippen LogP contribution in [0.3, 0.4) is 0 Å². The molecular weight excluding hydrogens is 246 g/mol. The van der Waals surface area contributed by atoms with Crippen LogP contribution in [0.5, 0.6) is 0 Å². The van der Waals surface area contributed by atoms with Gasteiger partial charge in [-0.1, -0.05) is 26.0 Å². The van der Waals surface area contributed by atoms with Crippen LogP contribution in [0.15, 0.2) is 29.2 Å². The molecule has 1 rings (SSSR count). The van der Waals surface area contributed by atoms with Crippen LogP contribution in [0.4, 0.5) is 0 Å². The molecule has 0 saturated carbocycles. The van der Waals surface area contributed by atoms with Gasteiger partial charge < -0.3 is 15.5 Å². The van der Waals surface area contributed by atoms with Crippen molar-refractivity contribution in [3.8, 4) is 0 Å². The van der Waals surface area contributed by atoms with Crippen LogP contribution < -0.4 is 5.32 Å². The lowest BCUT2D eigenvalue weighted by molar-refractivity contribution is 0.166. The first-order valence-electron chi connectivity index (χ1n) is 6.13. The van der Waals surface area contributed by atoms with Gasteiger partial charge in [-0.2, -0.15) is 0 Å². The van der Waals surface area contributed by atoms with Crippen LogP contribution in [-0.2, 0) is 5.41 Å². The van der Waals surface area contributed by atoms with Gasteiger partial charge >= 0.3 is 0 Å². The van der Waals surface area contributed by atoms with Crippen molar-refractivity contribution in [2.45, 2.75) is 30.2 Å². The zero-order valence-corrected chi connectivity index (χ0v) is 12.1. The highest BCUT2D eigenvalue weighted by atomic mass is 32.2. The molecule has 0 fully saturated rings. The minimum Gasteiger partial charge on any atom is -0.395 e. The van der Waals surface area contributed by atoms with E-state index in [0.29, 0.717) is 0 Å². The standard InChI is InChI=1S/C14H23NO2S/c1-14(2,10-15-12(8-16)9-17)11-4-6-13(18-3)7-5-11/h4-7,12,15-17H,8-10H2,1-3H3. The van der Waals surface area contributed by atoms with Crippen LogP contribution >= 0.6 is 11.8 Å². The fourth-order valence-corrected chi connectivity index (χ4v) is 2.14. The van der Waals surface area contributed by atoms with E-state index in [-0.39, 0.29) is 24.7 Å². The maximum atomic E-state index is 9.04. The number of benzene rings is 1. The van der Waals surface area contributed by atoms with Gasteiger partial charge in [0.05, 0.1) is 19.3 Å². The lowest BCUT2D eigenvalue weighted by Gasteiger charge is -2.28. The van der Waals surface area contributed by atoms with Crippen molar-refractivity contribution in [3.05, 3.63) is 29.8 Å². The normalized spacial score (nSPS) is 12.1. The molecule has 0 saturated heterocycles. The molecule has 1 aromatic rings. The number of hydrogen-bond donors (Lipinski definition) is 3. The maximum Gasteiger partial charge on any atom is 0.0607 e. The maximum absolute atomic E-state index is 9.04. The van der Waals surface area contributed by atoms with E-state index in [0.717, 1.165) is 6.54 Å². The van der Waals surface area contributed by atoms with Crippen LogP contribution in [0, 0.1) is 0 Å². The third kappa shape index (κ3) is 4.28. The van der Waals surface area contributed by atoms with Crippen molar-refractivity contribution in [3.63, 3.8) is 0 Å². The van der Waals surface area contributed by atoms with E-state index in [1.54, 1.807) is 11.8 Å². The second kappa shape index (κ2) is 7.14. The highest BCUT2D eigenvalue weighted by Crippen LogP contribution is 2.25. The summed E-state index contributed by atoms with van der Waals surface area (Å²) in [7, 11) is 0. The predicted octanol–water partition coefficient (Wildman–Crippen LogP) is 1.63. The molecule has 0 atom stereocenters. The average molecular weight is 269 g/mol. The largest absolute Gasteiger partial charge is 0.395 e. The van der Waals surface area contributed by atoms with Crippen molar-refractivity contribution in [2.75, 3.05) is 26.0 Å². The van der Waals surface area contributed by atoms with Gasteiger partial charge in [0.1, 0.15) is 0 Å². The van der Waals surface area contributed by atoms with Crippen molar-refractivity contribution >= 4 is 11.8 Å². The lowest BCUT2D eigenvalue weighted by atomic mass is 9.84. The van der Waals surface area contributed by atoms with Crippen LogP contribution in [0.25, 0.3) is 0 Å². The Morgan fingerprint density at radius 1 is 1.17 bits per heavy atom. The van der Waals surface area contributed by atoms with Crippen molar-refractivity contribution in [1.82, 2.24) is 5.32 Å². The van der Waals surface area contributed by atoms with Gasteiger partial charge in [-0.15, -0.1) is 11.8 Å². The van der Waals surface area contributed by atoms with Crippen LogP contribution in [-0.4, -0.2) is 42.3 Å². The summed E-state index contributed by atoms with van der Waals surface area (Å²) in [6.45, 7) is 4.94. The number of thioether (sulfide) groups is 1. The minimum absolute atomic E-state index is 0.0282. The predicted molar refractivity (Wildman–Crippen MR) is 77.2 cm³/mol. The van der Waals surface area contributed by atoms with Crippen molar-refractivity contribution in [2.24, 2.45) is 0 Å². The Balaban J connectivity index is 2.66. The van der Waals surface area contributed by atoms with E-state index in [4.69, 9.17) is 10.2 Å². The summed E-state index contributed by atoms with van der Waals surface area (Å²) < 4.78 is 0. The molecule has 0 unspecified atom stereocenters. The van der Waals surface area contributed by atoms with E-state index in [1.807, 2.05) is 0 Å². The molecule has 18 heavy (non-hydrogen) atoms. The molecule has 0 heterocycles. The summed E-state index contributed by atoms with van der Waals surface area (Å²) in [4.78, 5) is 1.26. The fourth-order valence-electron chi connectivity index (χ4n) is 1.73. The second-order valence-corrected chi connectivity index (χ2v) is 5.94. The molecule has 0 aliphatic carbocycles. The van der Waals surface area contributed by atoms with Gasteiger partial charge in [0.2, 0.25) is 0 Å². The average Bonchev–Trinajstić information content (AvgIpc) is 2.40. The first-order chi connectivity index (χ1) is 8.53. The number of aliphatic hydroxyl groups is 2. The first-order valence-corrected chi connectivity index (χ1v) is 7.35. The van der Waals surface area contributed by atoms with E-state index in [2.05, 4.69) is 49.7 Å². The van der Waals surface area contributed by atoms with E-state index in [1.165, 1.54) is 10.5 Å².